The van der Waals surface area contributed by atoms with Crippen LogP contribution < -0.4 is 0 Å². The molecule has 0 spiro atoms. The third-order valence-corrected chi connectivity index (χ3v) is 11.7. The van der Waals surface area contributed by atoms with E-state index in [0.717, 1.165) is 57.8 Å². The maximum absolute atomic E-state index is 12.8. The van der Waals surface area contributed by atoms with E-state index < -0.39 is 24.3 Å². The summed E-state index contributed by atoms with van der Waals surface area (Å²) in [5, 5.41) is 9.68. The summed E-state index contributed by atoms with van der Waals surface area (Å²) in [6.45, 7) is 4.69. The number of rotatable bonds is 50. The summed E-state index contributed by atoms with van der Waals surface area (Å²) in [6.07, 6.45) is 61.4. The highest BCUT2D eigenvalue weighted by atomic mass is 16.7. The maximum Gasteiger partial charge on any atom is 0.361 e. The van der Waals surface area contributed by atoms with Gasteiger partial charge in [-0.15, -0.1) is 0 Å². The van der Waals surface area contributed by atoms with Crippen molar-refractivity contribution in [3.8, 4) is 0 Å². The lowest BCUT2D eigenvalue weighted by atomic mass is 10.0. The van der Waals surface area contributed by atoms with Crippen LogP contribution in [0.2, 0.25) is 0 Å². The van der Waals surface area contributed by atoms with Crippen molar-refractivity contribution in [2.45, 2.75) is 238 Å². The van der Waals surface area contributed by atoms with Crippen LogP contribution in [0.15, 0.2) is 72.9 Å². The van der Waals surface area contributed by atoms with Crippen LogP contribution in [0.5, 0.6) is 0 Å². The first kappa shape index (κ1) is 64.7. The monoisotopic (exact) mass is 955 g/mol. The zero-order valence-electron chi connectivity index (χ0n) is 44.5. The average molecular weight is 955 g/mol. The van der Waals surface area contributed by atoms with Gasteiger partial charge in [-0.1, -0.05) is 234 Å². The van der Waals surface area contributed by atoms with Crippen LogP contribution >= 0.6 is 0 Å². The standard InChI is InChI=1S/C59H103NO8/c1-6-8-10-12-14-16-18-20-22-24-26-27-28-29-30-32-33-35-37-39-41-43-45-47-49-56(61)66-53-55(54-67-59(58(63)64)65-52-51-60(3,4)5)68-57(62)50-48-46-44-42-40-38-36-34-31-25-23-21-19-17-15-13-11-9-7-2/h9,11,15,17,21,23,31,34,38,40,44,46,55,59H,6-8,10,12-14,16,18-20,22,24-30,32-33,35-37,39,41-43,45,47-54H2,1-5H3/p+1/b11-9-,17-15-,23-21-,34-31-,40-38-,46-44-. The number of esters is 2. The molecule has 2 unspecified atom stereocenters. The van der Waals surface area contributed by atoms with Crippen LogP contribution in [0.3, 0.4) is 0 Å². The topological polar surface area (TPSA) is 108 Å². The van der Waals surface area contributed by atoms with Crippen molar-refractivity contribution in [3.63, 3.8) is 0 Å². The van der Waals surface area contributed by atoms with Gasteiger partial charge < -0.3 is 28.5 Å². The summed E-state index contributed by atoms with van der Waals surface area (Å²) < 4.78 is 22.7. The highest BCUT2D eigenvalue weighted by molar-refractivity contribution is 5.71. The average Bonchev–Trinajstić information content (AvgIpc) is 3.30. The van der Waals surface area contributed by atoms with Gasteiger partial charge in [-0.3, -0.25) is 9.59 Å². The molecule has 0 saturated carbocycles. The number of allylic oxidation sites excluding steroid dienone is 12. The van der Waals surface area contributed by atoms with Crippen molar-refractivity contribution >= 4 is 17.9 Å². The summed E-state index contributed by atoms with van der Waals surface area (Å²) in [5.74, 6) is -2.12. The van der Waals surface area contributed by atoms with Gasteiger partial charge in [0.2, 0.25) is 0 Å². The number of carbonyl (C=O) groups is 3. The Bertz CT molecular complexity index is 1340. The van der Waals surface area contributed by atoms with Gasteiger partial charge in [0.05, 0.1) is 34.4 Å². The first-order valence-corrected chi connectivity index (χ1v) is 27.6. The van der Waals surface area contributed by atoms with Gasteiger partial charge in [0.1, 0.15) is 13.2 Å². The van der Waals surface area contributed by atoms with Gasteiger partial charge in [-0.25, -0.2) is 4.79 Å². The molecule has 0 aromatic rings. The lowest BCUT2D eigenvalue weighted by Gasteiger charge is -2.25. The predicted molar refractivity (Wildman–Crippen MR) is 286 cm³/mol. The van der Waals surface area contributed by atoms with Crippen LogP contribution in [-0.4, -0.2) is 87.4 Å². The maximum atomic E-state index is 12.8. The summed E-state index contributed by atoms with van der Waals surface area (Å²) in [6, 6.07) is 0. The fourth-order valence-electron chi connectivity index (χ4n) is 7.51. The van der Waals surface area contributed by atoms with E-state index in [1.54, 1.807) is 0 Å². The van der Waals surface area contributed by atoms with E-state index in [1.807, 2.05) is 33.3 Å². The lowest BCUT2D eigenvalue weighted by molar-refractivity contribution is -0.870. The molecule has 0 aliphatic rings. The van der Waals surface area contributed by atoms with Crippen molar-refractivity contribution in [2.75, 3.05) is 47.5 Å². The fourth-order valence-corrected chi connectivity index (χ4v) is 7.51. The molecule has 0 saturated heterocycles. The van der Waals surface area contributed by atoms with Gasteiger partial charge in [0.15, 0.2) is 6.10 Å². The van der Waals surface area contributed by atoms with E-state index in [-0.39, 0.29) is 38.6 Å². The van der Waals surface area contributed by atoms with Gasteiger partial charge in [0, 0.05) is 12.8 Å². The van der Waals surface area contributed by atoms with Crippen LogP contribution in [-0.2, 0) is 33.3 Å². The number of ether oxygens (including phenoxy) is 4. The minimum Gasteiger partial charge on any atom is -0.477 e. The molecule has 0 fully saturated rings. The Labute approximate surface area is 417 Å². The number of quaternary nitrogens is 1. The van der Waals surface area contributed by atoms with Gasteiger partial charge >= 0.3 is 17.9 Å². The third kappa shape index (κ3) is 50.6. The Hall–Kier alpha value is -3.27. The molecule has 0 aliphatic carbocycles. The van der Waals surface area contributed by atoms with Gasteiger partial charge in [0.25, 0.3) is 6.29 Å². The molecule has 0 heterocycles. The smallest absolute Gasteiger partial charge is 0.361 e. The second kappa shape index (κ2) is 50.1. The zero-order valence-corrected chi connectivity index (χ0v) is 44.5. The van der Waals surface area contributed by atoms with E-state index >= 15 is 0 Å². The quantitative estimate of drug-likeness (QED) is 0.0211. The normalized spacial score (nSPS) is 13.4. The number of hydrogen-bond donors (Lipinski definition) is 1. The van der Waals surface area contributed by atoms with E-state index in [2.05, 4.69) is 74.6 Å². The SMILES string of the molecule is CC/C=C\C/C=C\C/C=C\C/C=C\C/C=C\C/C=C\CCC(=O)OC(COC(=O)CCCCCCCCCCCCCCCCCCCCCCCCCC)COC(OCC[N+](C)(C)C)C(=O)O. The molecule has 0 aliphatic heterocycles. The van der Waals surface area contributed by atoms with E-state index in [9.17, 15) is 19.5 Å². The third-order valence-electron chi connectivity index (χ3n) is 11.7. The zero-order chi connectivity index (χ0) is 49.9. The van der Waals surface area contributed by atoms with Gasteiger partial charge in [-0.05, 0) is 51.4 Å². The first-order valence-electron chi connectivity index (χ1n) is 27.6. The van der Waals surface area contributed by atoms with Crippen molar-refractivity contribution in [2.24, 2.45) is 0 Å². The molecular formula is C59H104NO8+. The van der Waals surface area contributed by atoms with Crippen LogP contribution in [0.1, 0.15) is 226 Å². The number of nitrogens with zero attached hydrogens (tertiary/aromatic N) is 1. The van der Waals surface area contributed by atoms with E-state index in [4.69, 9.17) is 18.9 Å². The molecule has 1 N–H and O–H groups in total. The van der Waals surface area contributed by atoms with E-state index in [0.29, 0.717) is 17.4 Å². The molecule has 0 aromatic heterocycles. The number of carboxylic acids is 1. The molecule has 9 nitrogen and oxygen atoms in total. The van der Waals surface area contributed by atoms with Crippen molar-refractivity contribution < 1.29 is 42.9 Å². The fraction of sp³-hybridized carbons (Fsp3) is 0.746. The number of unbranched alkanes of at least 4 members (excludes halogenated alkanes) is 23. The Balaban J connectivity index is 4.34. The molecule has 0 bridgehead atoms. The largest absolute Gasteiger partial charge is 0.477 e. The Morgan fingerprint density at radius 2 is 0.838 bits per heavy atom. The van der Waals surface area contributed by atoms with E-state index in [1.165, 1.54) is 135 Å². The summed E-state index contributed by atoms with van der Waals surface area (Å²) in [7, 11) is 5.94. The predicted octanol–water partition coefficient (Wildman–Crippen LogP) is 15.8. The van der Waals surface area contributed by atoms with Crippen molar-refractivity contribution in [1.82, 2.24) is 0 Å². The molecule has 0 radical (unpaired) electrons. The first-order chi connectivity index (χ1) is 33.1. The van der Waals surface area contributed by atoms with Crippen molar-refractivity contribution in [1.29, 1.82) is 0 Å². The number of carboxylic acid groups (broad SMARTS) is 1. The van der Waals surface area contributed by atoms with Crippen LogP contribution in [0.4, 0.5) is 0 Å². The highest BCUT2D eigenvalue weighted by Gasteiger charge is 2.25. The minimum absolute atomic E-state index is 0.133. The summed E-state index contributed by atoms with van der Waals surface area (Å²) in [4.78, 5) is 37.3. The number of aliphatic carboxylic acids is 1. The second-order valence-corrected chi connectivity index (χ2v) is 19.5. The number of likely N-dealkylation sites (N-methyl/N-ethyl adjacent to an activating group) is 1. The lowest BCUT2D eigenvalue weighted by Crippen LogP contribution is -2.40. The second-order valence-electron chi connectivity index (χ2n) is 19.5. The molecule has 9 heteroatoms. The number of carbonyl (C=O) groups excluding carboxylic acids is 2. The summed E-state index contributed by atoms with van der Waals surface area (Å²) >= 11 is 0. The van der Waals surface area contributed by atoms with Crippen molar-refractivity contribution in [3.05, 3.63) is 72.9 Å². The molecule has 0 aromatic carbocycles. The van der Waals surface area contributed by atoms with Crippen LogP contribution in [0, 0.1) is 0 Å². The molecule has 0 amide bonds. The molecular weight excluding hydrogens is 851 g/mol. The highest BCUT2D eigenvalue weighted by Crippen LogP contribution is 2.16. The summed E-state index contributed by atoms with van der Waals surface area (Å²) in [5.41, 5.74) is 0. The Morgan fingerprint density at radius 1 is 0.456 bits per heavy atom. The Morgan fingerprint density at radius 3 is 1.22 bits per heavy atom. The van der Waals surface area contributed by atoms with Crippen LogP contribution in [0.25, 0.3) is 0 Å². The Kier molecular flexibility index (Phi) is 47.7. The molecule has 0 rings (SSSR count). The molecule has 392 valence electrons. The molecule has 68 heavy (non-hydrogen) atoms. The molecule has 2 atom stereocenters. The minimum atomic E-state index is -1.53. The number of hydrogen-bond acceptors (Lipinski definition) is 7. The van der Waals surface area contributed by atoms with Gasteiger partial charge in [-0.2, -0.15) is 0 Å².